The molecule has 0 heterocycles. The summed E-state index contributed by atoms with van der Waals surface area (Å²) in [4.78, 5) is 0. The monoisotopic (exact) mass is 265 g/mol. The molecule has 0 spiro atoms. The average Bonchev–Trinajstić information content (AvgIpc) is 2.49. The summed E-state index contributed by atoms with van der Waals surface area (Å²) in [7, 11) is 0. The van der Waals surface area contributed by atoms with Crippen molar-refractivity contribution in [1.29, 1.82) is 0 Å². The van der Waals surface area contributed by atoms with Crippen LogP contribution in [-0.2, 0) is 0 Å². The van der Waals surface area contributed by atoms with Gasteiger partial charge < -0.3 is 15.5 Å². The van der Waals surface area contributed by atoms with Gasteiger partial charge in [-0.2, -0.15) is 0 Å². The van der Waals surface area contributed by atoms with E-state index in [0.29, 0.717) is 0 Å². The van der Waals surface area contributed by atoms with Crippen LogP contribution in [0.25, 0.3) is 0 Å². The Labute approximate surface area is 116 Å². The van der Waals surface area contributed by atoms with E-state index in [0.717, 1.165) is 31.2 Å². The van der Waals surface area contributed by atoms with E-state index >= 15 is 0 Å². The third-order valence-corrected chi connectivity index (χ3v) is 3.85. The van der Waals surface area contributed by atoms with Crippen LogP contribution in [0.1, 0.15) is 51.1 Å². The van der Waals surface area contributed by atoms with E-state index in [2.05, 4.69) is 19.2 Å². The smallest absolute Gasteiger partial charge is 0.0626 e. The van der Waals surface area contributed by atoms with E-state index in [-0.39, 0.29) is 24.8 Å². The molecule has 3 heteroatoms. The molecule has 0 amide bonds. The molecule has 19 heavy (non-hydrogen) atoms. The summed E-state index contributed by atoms with van der Waals surface area (Å²) in [6.45, 7) is 4.38. The summed E-state index contributed by atoms with van der Waals surface area (Å²) in [5, 5.41) is 22.8. The maximum atomic E-state index is 9.75. The number of hydrogen-bond donors (Lipinski definition) is 3. The zero-order chi connectivity index (χ0) is 14.1. The van der Waals surface area contributed by atoms with Gasteiger partial charge in [-0.1, -0.05) is 57.0 Å². The summed E-state index contributed by atoms with van der Waals surface area (Å²) in [6, 6.07) is 9.80. The van der Waals surface area contributed by atoms with Crippen molar-refractivity contribution in [3.8, 4) is 0 Å². The highest BCUT2D eigenvalue weighted by Gasteiger charge is 2.29. The molecule has 0 saturated heterocycles. The van der Waals surface area contributed by atoms with Crippen LogP contribution in [0, 0.1) is 0 Å². The van der Waals surface area contributed by atoms with Crippen molar-refractivity contribution in [3.63, 3.8) is 0 Å². The highest BCUT2D eigenvalue weighted by Crippen LogP contribution is 2.23. The Morgan fingerprint density at radius 1 is 1.16 bits per heavy atom. The first-order valence-electron chi connectivity index (χ1n) is 7.25. The molecule has 2 atom stereocenters. The van der Waals surface area contributed by atoms with Crippen LogP contribution < -0.4 is 5.32 Å². The molecule has 1 aromatic rings. The van der Waals surface area contributed by atoms with Crippen LogP contribution in [0.5, 0.6) is 0 Å². The minimum atomic E-state index is -0.292. The molecule has 3 N–H and O–H groups in total. The Morgan fingerprint density at radius 2 is 1.84 bits per heavy atom. The number of rotatable bonds is 9. The predicted octanol–water partition coefficient (Wildman–Crippen LogP) is 2.64. The van der Waals surface area contributed by atoms with E-state index in [9.17, 15) is 10.2 Å². The van der Waals surface area contributed by atoms with Crippen LogP contribution in [0.4, 0.5) is 0 Å². The number of aliphatic hydroxyl groups is 2. The standard InChI is InChI=1S/C16H27NO2/c1-3-5-11-16(4-2,13-19)17-15(12-18)14-9-7-6-8-10-14/h6-10,15,17-19H,3-5,11-13H2,1-2H3/t15-,16?/m0/s1. The number of unbranched alkanes of at least 4 members (excludes halogenated alkanes) is 1. The van der Waals surface area contributed by atoms with E-state index in [1.807, 2.05) is 30.3 Å². The molecule has 0 aromatic heterocycles. The summed E-state index contributed by atoms with van der Waals surface area (Å²) >= 11 is 0. The zero-order valence-corrected chi connectivity index (χ0v) is 12.1. The van der Waals surface area contributed by atoms with Crippen molar-refractivity contribution < 1.29 is 10.2 Å². The fourth-order valence-corrected chi connectivity index (χ4v) is 2.39. The number of nitrogens with one attached hydrogen (secondary N) is 1. The van der Waals surface area contributed by atoms with E-state index < -0.39 is 0 Å². The Morgan fingerprint density at radius 3 is 2.32 bits per heavy atom. The van der Waals surface area contributed by atoms with Crippen molar-refractivity contribution in [2.24, 2.45) is 0 Å². The predicted molar refractivity (Wildman–Crippen MR) is 79.0 cm³/mol. The molecule has 0 bridgehead atoms. The largest absolute Gasteiger partial charge is 0.394 e. The molecule has 0 saturated carbocycles. The first-order valence-corrected chi connectivity index (χ1v) is 7.25. The second-order valence-corrected chi connectivity index (χ2v) is 5.19. The third kappa shape index (κ3) is 4.60. The summed E-state index contributed by atoms with van der Waals surface area (Å²) in [5.41, 5.74) is 0.770. The van der Waals surface area contributed by atoms with Gasteiger partial charge in [0.15, 0.2) is 0 Å². The van der Waals surface area contributed by atoms with Crippen molar-refractivity contribution in [3.05, 3.63) is 35.9 Å². The molecule has 1 unspecified atom stereocenters. The van der Waals surface area contributed by atoms with E-state index in [1.54, 1.807) is 0 Å². The van der Waals surface area contributed by atoms with Crippen molar-refractivity contribution in [1.82, 2.24) is 5.32 Å². The molecule has 3 nitrogen and oxygen atoms in total. The highest BCUT2D eigenvalue weighted by molar-refractivity contribution is 5.19. The average molecular weight is 265 g/mol. The first kappa shape index (κ1) is 16.2. The summed E-state index contributed by atoms with van der Waals surface area (Å²) < 4.78 is 0. The van der Waals surface area contributed by atoms with Gasteiger partial charge in [-0.3, -0.25) is 0 Å². The van der Waals surface area contributed by atoms with Crippen LogP contribution in [0.2, 0.25) is 0 Å². The second kappa shape index (κ2) is 8.31. The highest BCUT2D eigenvalue weighted by atomic mass is 16.3. The third-order valence-electron chi connectivity index (χ3n) is 3.85. The van der Waals surface area contributed by atoms with Gasteiger partial charge in [-0.25, -0.2) is 0 Å². The lowest BCUT2D eigenvalue weighted by Gasteiger charge is -2.36. The molecule has 0 fully saturated rings. The molecule has 0 aliphatic rings. The Bertz CT molecular complexity index is 336. The Balaban J connectivity index is 2.80. The minimum absolute atomic E-state index is 0.0396. The molecule has 108 valence electrons. The quantitative estimate of drug-likeness (QED) is 0.643. The molecule has 0 aliphatic heterocycles. The lowest BCUT2D eigenvalue weighted by molar-refractivity contribution is 0.113. The van der Waals surface area contributed by atoms with Gasteiger partial charge in [0.2, 0.25) is 0 Å². The molecular formula is C16H27NO2. The summed E-state index contributed by atoms with van der Waals surface area (Å²) in [5.74, 6) is 0. The fraction of sp³-hybridized carbons (Fsp3) is 0.625. The van der Waals surface area contributed by atoms with Crippen LogP contribution in [-0.4, -0.2) is 29.0 Å². The van der Waals surface area contributed by atoms with Gasteiger partial charge in [0.05, 0.1) is 19.3 Å². The Kier molecular flexibility index (Phi) is 7.06. The number of aliphatic hydroxyl groups excluding tert-OH is 2. The van der Waals surface area contributed by atoms with Crippen molar-refractivity contribution in [2.75, 3.05) is 13.2 Å². The lowest BCUT2D eigenvalue weighted by atomic mass is 9.88. The fourth-order valence-electron chi connectivity index (χ4n) is 2.39. The molecule has 1 aromatic carbocycles. The van der Waals surface area contributed by atoms with Gasteiger partial charge in [0, 0.05) is 5.54 Å². The molecule has 0 aliphatic carbocycles. The van der Waals surface area contributed by atoms with Crippen molar-refractivity contribution >= 4 is 0 Å². The van der Waals surface area contributed by atoms with Gasteiger partial charge >= 0.3 is 0 Å². The van der Waals surface area contributed by atoms with Crippen LogP contribution in [0.3, 0.4) is 0 Å². The van der Waals surface area contributed by atoms with Gasteiger partial charge in [-0.05, 0) is 18.4 Å². The zero-order valence-electron chi connectivity index (χ0n) is 12.1. The minimum Gasteiger partial charge on any atom is -0.394 e. The Hall–Kier alpha value is -0.900. The topological polar surface area (TPSA) is 52.5 Å². The second-order valence-electron chi connectivity index (χ2n) is 5.19. The molecule has 0 radical (unpaired) electrons. The van der Waals surface area contributed by atoms with Crippen LogP contribution in [0.15, 0.2) is 30.3 Å². The lowest BCUT2D eigenvalue weighted by Crippen LogP contribution is -2.50. The van der Waals surface area contributed by atoms with Gasteiger partial charge in [-0.15, -0.1) is 0 Å². The van der Waals surface area contributed by atoms with Crippen molar-refractivity contribution in [2.45, 2.75) is 51.1 Å². The van der Waals surface area contributed by atoms with Gasteiger partial charge in [0.1, 0.15) is 0 Å². The van der Waals surface area contributed by atoms with E-state index in [4.69, 9.17) is 0 Å². The maximum Gasteiger partial charge on any atom is 0.0626 e. The molecular weight excluding hydrogens is 238 g/mol. The van der Waals surface area contributed by atoms with Crippen LogP contribution >= 0.6 is 0 Å². The maximum absolute atomic E-state index is 9.75. The number of benzene rings is 1. The van der Waals surface area contributed by atoms with Gasteiger partial charge in [0.25, 0.3) is 0 Å². The molecule has 1 rings (SSSR count). The first-order chi connectivity index (χ1) is 9.21. The normalized spacial score (nSPS) is 16.0. The number of hydrogen-bond acceptors (Lipinski definition) is 3. The van der Waals surface area contributed by atoms with E-state index in [1.165, 1.54) is 0 Å². The SMILES string of the molecule is CCCCC(CC)(CO)N[C@@H](CO)c1ccccc1. The summed E-state index contributed by atoms with van der Waals surface area (Å²) in [6.07, 6.45) is 3.97.